The van der Waals surface area contributed by atoms with Gasteiger partial charge < -0.3 is 14.4 Å². The summed E-state index contributed by atoms with van der Waals surface area (Å²) in [7, 11) is 0. The molecule has 2 aliphatic rings. The van der Waals surface area contributed by atoms with E-state index in [1.807, 2.05) is 6.07 Å². The van der Waals surface area contributed by atoms with Crippen molar-refractivity contribution in [1.82, 2.24) is 4.57 Å². The van der Waals surface area contributed by atoms with Crippen LogP contribution in [-0.2, 0) is 24.1 Å². The van der Waals surface area contributed by atoms with Gasteiger partial charge in [0, 0.05) is 24.3 Å². The number of aromatic nitrogens is 1. The predicted octanol–water partition coefficient (Wildman–Crippen LogP) is 0.734. The highest BCUT2D eigenvalue weighted by molar-refractivity contribution is 5.25. The van der Waals surface area contributed by atoms with Crippen LogP contribution in [0.25, 0.3) is 0 Å². The van der Waals surface area contributed by atoms with Crippen molar-refractivity contribution >= 4 is 0 Å². The number of ether oxygens (including phenoxy) is 1. The maximum absolute atomic E-state index is 11.9. The Kier molecular flexibility index (Phi) is 3.22. The maximum Gasteiger partial charge on any atom is 0.250 e. The molecule has 2 atom stereocenters. The zero-order valence-electron chi connectivity index (χ0n) is 10.5. The largest absolute Gasteiger partial charge is 0.391 e. The summed E-state index contributed by atoms with van der Waals surface area (Å²) in [5, 5.41) is 10.2. The average molecular weight is 249 g/mol. The molecular formula is C14H19NO3. The molecule has 0 spiro atoms. The van der Waals surface area contributed by atoms with Gasteiger partial charge in [-0.15, -0.1) is 0 Å². The van der Waals surface area contributed by atoms with Crippen molar-refractivity contribution in [3.8, 4) is 0 Å². The molecule has 2 heterocycles. The Morgan fingerprint density at radius 1 is 1.44 bits per heavy atom. The maximum atomic E-state index is 11.9. The van der Waals surface area contributed by atoms with Gasteiger partial charge in [0.1, 0.15) is 0 Å². The smallest absolute Gasteiger partial charge is 0.250 e. The van der Waals surface area contributed by atoms with Crippen LogP contribution in [0, 0.1) is 5.92 Å². The van der Waals surface area contributed by atoms with Gasteiger partial charge in [-0.3, -0.25) is 4.79 Å². The minimum absolute atomic E-state index is 0.00798. The van der Waals surface area contributed by atoms with Crippen LogP contribution in [0.5, 0.6) is 0 Å². The minimum Gasteiger partial charge on any atom is -0.391 e. The first-order valence-electron chi connectivity index (χ1n) is 6.73. The van der Waals surface area contributed by atoms with Crippen molar-refractivity contribution in [2.24, 2.45) is 5.92 Å². The van der Waals surface area contributed by atoms with E-state index in [-0.39, 0.29) is 11.5 Å². The standard InChI is InChI=1S/C14H19NO3/c16-13(11-6-7-18-9-11)8-15-12-3-1-2-10(12)4-5-14(15)17/h4-5,11,13,16H,1-3,6-9H2. The molecule has 1 aliphatic heterocycles. The first-order valence-corrected chi connectivity index (χ1v) is 6.73. The lowest BCUT2D eigenvalue weighted by atomic mass is 10.0. The Labute approximate surface area is 106 Å². The third-order valence-electron chi connectivity index (χ3n) is 4.13. The van der Waals surface area contributed by atoms with Gasteiger partial charge in [0.15, 0.2) is 0 Å². The molecule has 0 aromatic carbocycles. The number of nitrogens with zero attached hydrogens (tertiary/aromatic N) is 1. The van der Waals surface area contributed by atoms with Gasteiger partial charge in [-0.25, -0.2) is 0 Å². The number of hydrogen-bond acceptors (Lipinski definition) is 3. The van der Waals surface area contributed by atoms with Crippen molar-refractivity contribution in [2.75, 3.05) is 13.2 Å². The van der Waals surface area contributed by atoms with E-state index in [2.05, 4.69) is 0 Å². The van der Waals surface area contributed by atoms with Gasteiger partial charge in [-0.2, -0.15) is 0 Å². The third kappa shape index (κ3) is 2.10. The molecular weight excluding hydrogens is 230 g/mol. The van der Waals surface area contributed by atoms with Gasteiger partial charge in [0.25, 0.3) is 5.56 Å². The minimum atomic E-state index is -0.475. The number of aryl methyl sites for hydroxylation is 1. The van der Waals surface area contributed by atoms with Crippen LogP contribution < -0.4 is 5.56 Å². The van der Waals surface area contributed by atoms with E-state index >= 15 is 0 Å². The van der Waals surface area contributed by atoms with Gasteiger partial charge in [0.05, 0.1) is 19.3 Å². The predicted molar refractivity (Wildman–Crippen MR) is 67.7 cm³/mol. The highest BCUT2D eigenvalue weighted by Crippen LogP contribution is 2.22. The van der Waals surface area contributed by atoms with E-state index in [0.717, 1.165) is 38.0 Å². The lowest BCUT2D eigenvalue weighted by Gasteiger charge is -2.20. The molecule has 4 heteroatoms. The molecule has 4 nitrogen and oxygen atoms in total. The van der Waals surface area contributed by atoms with Gasteiger partial charge in [-0.1, -0.05) is 6.07 Å². The van der Waals surface area contributed by atoms with Crippen LogP contribution in [0.1, 0.15) is 24.1 Å². The van der Waals surface area contributed by atoms with Crippen LogP contribution in [-0.4, -0.2) is 29.0 Å². The Hall–Kier alpha value is -1.13. The van der Waals surface area contributed by atoms with E-state index in [4.69, 9.17) is 4.74 Å². The fourth-order valence-corrected chi connectivity index (χ4v) is 3.03. The molecule has 0 saturated carbocycles. The number of rotatable bonds is 3. The summed E-state index contributed by atoms with van der Waals surface area (Å²) < 4.78 is 7.06. The van der Waals surface area contributed by atoms with Crippen molar-refractivity contribution in [1.29, 1.82) is 0 Å². The van der Waals surface area contributed by atoms with Crippen LogP contribution >= 0.6 is 0 Å². The lowest BCUT2D eigenvalue weighted by molar-refractivity contribution is 0.0763. The summed E-state index contributed by atoms with van der Waals surface area (Å²) in [6.45, 7) is 1.75. The average Bonchev–Trinajstić information content (AvgIpc) is 3.02. The molecule has 98 valence electrons. The van der Waals surface area contributed by atoms with Crippen LogP contribution in [0.2, 0.25) is 0 Å². The Morgan fingerprint density at radius 2 is 2.33 bits per heavy atom. The number of aliphatic hydroxyl groups is 1. The summed E-state index contributed by atoms with van der Waals surface area (Å²) in [6.07, 6.45) is 3.54. The number of aliphatic hydroxyl groups excluding tert-OH is 1. The monoisotopic (exact) mass is 249 g/mol. The molecule has 1 aromatic rings. The second-order valence-electron chi connectivity index (χ2n) is 5.30. The fourth-order valence-electron chi connectivity index (χ4n) is 3.03. The Morgan fingerprint density at radius 3 is 3.11 bits per heavy atom. The second kappa shape index (κ2) is 4.86. The molecule has 0 amide bonds. The highest BCUT2D eigenvalue weighted by atomic mass is 16.5. The third-order valence-corrected chi connectivity index (χ3v) is 4.13. The first kappa shape index (κ1) is 11.9. The number of pyridine rings is 1. The Bertz CT molecular complexity index is 488. The van der Waals surface area contributed by atoms with Gasteiger partial charge in [-0.05, 0) is 31.2 Å². The molecule has 18 heavy (non-hydrogen) atoms. The van der Waals surface area contributed by atoms with Gasteiger partial charge >= 0.3 is 0 Å². The lowest BCUT2D eigenvalue weighted by Crippen LogP contribution is -2.33. The molecule has 1 N–H and O–H groups in total. The van der Waals surface area contributed by atoms with Crippen molar-refractivity contribution in [3.05, 3.63) is 33.7 Å². The van der Waals surface area contributed by atoms with E-state index in [1.54, 1.807) is 10.6 Å². The van der Waals surface area contributed by atoms with Crippen molar-refractivity contribution in [2.45, 2.75) is 38.3 Å². The second-order valence-corrected chi connectivity index (χ2v) is 5.30. The van der Waals surface area contributed by atoms with Crippen LogP contribution in [0.4, 0.5) is 0 Å². The Balaban J connectivity index is 1.84. The number of hydrogen-bond donors (Lipinski definition) is 1. The quantitative estimate of drug-likeness (QED) is 0.859. The summed E-state index contributed by atoms with van der Waals surface area (Å²) in [5.74, 6) is 0.175. The molecule has 1 aliphatic carbocycles. The molecule has 1 fully saturated rings. The normalized spacial score (nSPS) is 24.2. The SMILES string of the molecule is O=c1ccc2c(n1CC(O)C1CCOC1)CCC2. The van der Waals surface area contributed by atoms with Gasteiger partial charge in [0.2, 0.25) is 0 Å². The molecule has 0 bridgehead atoms. The topological polar surface area (TPSA) is 51.5 Å². The number of fused-ring (bicyclic) bond motifs is 1. The summed E-state index contributed by atoms with van der Waals surface area (Å²) >= 11 is 0. The molecule has 1 saturated heterocycles. The zero-order valence-corrected chi connectivity index (χ0v) is 10.5. The van der Waals surface area contributed by atoms with E-state index in [0.29, 0.717) is 13.2 Å². The van der Waals surface area contributed by atoms with Crippen LogP contribution in [0.15, 0.2) is 16.9 Å². The summed E-state index contributed by atoms with van der Waals surface area (Å²) in [4.78, 5) is 11.9. The van der Waals surface area contributed by atoms with E-state index < -0.39 is 6.10 Å². The molecule has 0 radical (unpaired) electrons. The van der Waals surface area contributed by atoms with Crippen molar-refractivity contribution in [3.63, 3.8) is 0 Å². The van der Waals surface area contributed by atoms with E-state index in [1.165, 1.54) is 5.56 Å². The fraction of sp³-hybridized carbons (Fsp3) is 0.643. The summed E-state index contributed by atoms with van der Waals surface area (Å²) in [6, 6.07) is 3.56. The molecule has 2 unspecified atom stereocenters. The molecule has 1 aromatic heterocycles. The first-order chi connectivity index (χ1) is 8.75. The van der Waals surface area contributed by atoms with E-state index in [9.17, 15) is 9.90 Å². The van der Waals surface area contributed by atoms with Crippen molar-refractivity contribution < 1.29 is 9.84 Å². The summed E-state index contributed by atoms with van der Waals surface area (Å²) in [5.41, 5.74) is 2.40. The molecule has 3 rings (SSSR count). The highest BCUT2D eigenvalue weighted by Gasteiger charge is 2.26. The van der Waals surface area contributed by atoms with Crippen LogP contribution in [0.3, 0.4) is 0 Å². The zero-order chi connectivity index (χ0) is 12.5.